The van der Waals surface area contributed by atoms with E-state index in [4.69, 9.17) is 23.2 Å². The number of amides is 1. The standard InChI is InChI=1S/C16H10Cl2N4OS/c17-10-2-1-9(6-11(10)18)20-16-19-7-8-5-13(23)21-12-3-4-24-15(12)14(8)22-16/h1-4,6-7H,5H2,(H,21,23)(H,19,20,22). The summed E-state index contributed by atoms with van der Waals surface area (Å²) in [6, 6.07) is 7.09. The van der Waals surface area contributed by atoms with Crippen LogP contribution in [0.1, 0.15) is 5.56 Å². The van der Waals surface area contributed by atoms with Crippen molar-refractivity contribution in [1.82, 2.24) is 9.97 Å². The summed E-state index contributed by atoms with van der Waals surface area (Å²) in [5.41, 5.74) is 3.07. The molecular formula is C16H10Cl2N4OS. The van der Waals surface area contributed by atoms with Gasteiger partial charge in [-0.3, -0.25) is 4.79 Å². The number of rotatable bonds is 2. The normalized spacial score (nSPS) is 12.8. The van der Waals surface area contributed by atoms with Crippen molar-refractivity contribution in [2.45, 2.75) is 6.42 Å². The molecular weight excluding hydrogens is 367 g/mol. The largest absolute Gasteiger partial charge is 0.324 e. The van der Waals surface area contributed by atoms with E-state index in [1.165, 1.54) is 11.3 Å². The Kier molecular flexibility index (Phi) is 3.88. The van der Waals surface area contributed by atoms with Crippen molar-refractivity contribution >= 4 is 57.8 Å². The van der Waals surface area contributed by atoms with Crippen molar-refractivity contribution in [2.75, 3.05) is 10.6 Å². The van der Waals surface area contributed by atoms with Crippen LogP contribution in [-0.2, 0) is 11.2 Å². The zero-order chi connectivity index (χ0) is 16.7. The first-order valence-electron chi connectivity index (χ1n) is 7.06. The lowest BCUT2D eigenvalue weighted by molar-refractivity contribution is -0.115. The Morgan fingerprint density at radius 2 is 2.08 bits per heavy atom. The Morgan fingerprint density at radius 1 is 1.21 bits per heavy atom. The van der Waals surface area contributed by atoms with Crippen LogP contribution < -0.4 is 10.6 Å². The maximum atomic E-state index is 11.9. The van der Waals surface area contributed by atoms with Gasteiger partial charge in [0.15, 0.2) is 0 Å². The Balaban J connectivity index is 1.74. The van der Waals surface area contributed by atoms with Crippen molar-refractivity contribution in [1.29, 1.82) is 0 Å². The van der Waals surface area contributed by atoms with E-state index in [1.54, 1.807) is 24.4 Å². The number of halogens is 2. The summed E-state index contributed by atoms with van der Waals surface area (Å²) in [5, 5.41) is 8.85. The fourth-order valence-corrected chi connectivity index (χ4v) is 3.63. The van der Waals surface area contributed by atoms with Crippen LogP contribution in [0.15, 0.2) is 35.8 Å². The number of nitrogens with zero attached hydrogens (tertiary/aromatic N) is 2. The zero-order valence-electron chi connectivity index (χ0n) is 12.1. The lowest BCUT2D eigenvalue weighted by atomic mass is 10.1. The van der Waals surface area contributed by atoms with Gasteiger partial charge in [-0.15, -0.1) is 11.3 Å². The molecule has 8 heteroatoms. The monoisotopic (exact) mass is 376 g/mol. The van der Waals surface area contributed by atoms with Crippen LogP contribution in [0.3, 0.4) is 0 Å². The molecule has 0 saturated carbocycles. The zero-order valence-corrected chi connectivity index (χ0v) is 14.5. The summed E-state index contributed by atoms with van der Waals surface area (Å²) in [6.07, 6.45) is 1.93. The van der Waals surface area contributed by atoms with E-state index in [2.05, 4.69) is 20.6 Å². The predicted molar refractivity (Wildman–Crippen MR) is 97.4 cm³/mol. The van der Waals surface area contributed by atoms with Crippen LogP contribution >= 0.6 is 34.5 Å². The highest BCUT2D eigenvalue weighted by atomic mass is 35.5. The van der Waals surface area contributed by atoms with Crippen LogP contribution in [0, 0.1) is 0 Å². The molecule has 2 aromatic heterocycles. The van der Waals surface area contributed by atoms with Gasteiger partial charge in [0.05, 0.1) is 32.7 Å². The Labute approximate surface area is 151 Å². The Hall–Kier alpha value is -2.15. The molecule has 120 valence electrons. The van der Waals surface area contributed by atoms with Gasteiger partial charge >= 0.3 is 0 Å². The van der Waals surface area contributed by atoms with Crippen LogP contribution in [0.4, 0.5) is 17.3 Å². The molecule has 3 heterocycles. The molecule has 0 radical (unpaired) electrons. The van der Waals surface area contributed by atoms with Gasteiger partial charge in [0.1, 0.15) is 0 Å². The topological polar surface area (TPSA) is 66.9 Å². The summed E-state index contributed by atoms with van der Waals surface area (Å²) in [4.78, 5) is 21.8. The molecule has 1 aliphatic heterocycles. The third-order valence-corrected chi connectivity index (χ3v) is 5.21. The molecule has 4 rings (SSSR count). The first kappa shape index (κ1) is 15.4. The quantitative estimate of drug-likeness (QED) is 0.676. The van der Waals surface area contributed by atoms with Crippen LogP contribution in [0.5, 0.6) is 0 Å². The van der Waals surface area contributed by atoms with E-state index >= 15 is 0 Å². The smallest absolute Gasteiger partial charge is 0.228 e. The Bertz CT molecular complexity index is 957. The fraction of sp³-hybridized carbons (Fsp3) is 0.0625. The molecule has 0 saturated heterocycles. The van der Waals surface area contributed by atoms with Gasteiger partial charge in [0, 0.05) is 17.4 Å². The van der Waals surface area contributed by atoms with Gasteiger partial charge in [-0.1, -0.05) is 23.2 Å². The summed E-state index contributed by atoms with van der Waals surface area (Å²) < 4.78 is 0. The number of aromatic nitrogens is 2. The van der Waals surface area contributed by atoms with Gasteiger partial charge in [0.25, 0.3) is 0 Å². The molecule has 1 amide bonds. The molecule has 0 aliphatic carbocycles. The number of carbonyl (C=O) groups excluding carboxylic acids is 1. The second-order valence-corrected chi connectivity index (χ2v) is 6.94. The van der Waals surface area contributed by atoms with E-state index in [-0.39, 0.29) is 12.3 Å². The van der Waals surface area contributed by atoms with E-state index in [9.17, 15) is 4.79 Å². The number of benzene rings is 1. The molecule has 0 atom stereocenters. The van der Waals surface area contributed by atoms with E-state index in [0.29, 0.717) is 16.0 Å². The van der Waals surface area contributed by atoms with Crippen LogP contribution in [0.25, 0.3) is 10.6 Å². The number of thiophene rings is 1. The second-order valence-electron chi connectivity index (χ2n) is 5.21. The minimum Gasteiger partial charge on any atom is -0.324 e. The number of carbonyl (C=O) groups is 1. The molecule has 0 spiro atoms. The second kappa shape index (κ2) is 6.05. The summed E-state index contributed by atoms with van der Waals surface area (Å²) >= 11 is 13.5. The van der Waals surface area contributed by atoms with Gasteiger partial charge in [0.2, 0.25) is 11.9 Å². The average molecular weight is 377 g/mol. The number of nitrogens with one attached hydrogen (secondary N) is 2. The third kappa shape index (κ3) is 2.84. The molecule has 0 unspecified atom stereocenters. The van der Waals surface area contributed by atoms with E-state index in [0.717, 1.165) is 27.5 Å². The van der Waals surface area contributed by atoms with Crippen molar-refractivity contribution < 1.29 is 4.79 Å². The molecule has 0 fully saturated rings. The summed E-state index contributed by atoms with van der Waals surface area (Å²) in [6.45, 7) is 0. The molecule has 24 heavy (non-hydrogen) atoms. The predicted octanol–water partition coefficient (Wildman–Crippen LogP) is 4.75. The van der Waals surface area contributed by atoms with Gasteiger partial charge in [-0.2, -0.15) is 0 Å². The fourth-order valence-electron chi connectivity index (χ4n) is 2.45. The van der Waals surface area contributed by atoms with Crippen molar-refractivity contribution in [3.05, 3.63) is 51.5 Å². The van der Waals surface area contributed by atoms with Crippen molar-refractivity contribution in [3.63, 3.8) is 0 Å². The summed E-state index contributed by atoms with van der Waals surface area (Å²) in [7, 11) is 0. The SMILES string of the molecule is O=C1Cc2cnc(Nc3ccc(Cl)c(Cl)c3)nc2-c2sccc2N1. The van der Waals surface area contributed by atoms with Crippen LogP contribution in [0.2, 0.25) is 10.0 Å². The minimum absolute atomic E-state index is 0.0674. The lowest BCUT2D eigenvalue weighted by Crippen LogP contribution is -2.12. The molecule has 0 bridgehead atoms. The lowest BCUT2D eigenvalue weighted by Gasteiger charge is -2.09. The van der Waals surface area contributed by atoms with Gasteiger partial charge in [-0.05, 0) is 29.6 Å². The number of anilines is 3. The molecule has 3 aromatic rings. The minimum atomic E-state index is -0.0674. The first-order valence-corrected chi connectivity index (χ1v) is 8.69. The highest BCUT2D eigenvalue weighted by Crippen LogP contribution is 2.37. The van der Waals surface area contributed by atoms with Crippen molar-refractivity contribution in [2.24, 2.45) is 0 Å². The average Bonchev–Trinajstić information content (AvgIpc) is 2.95. The van der Waals surface area contributed by atoms with E-state index < -0.39 is 0 Å². The highest BCUT2D eigenvalue weighted by molar-refractivity contribution is 7.14. The molecule has 1 aliphatic rings. The maximum absolute atomic E-state index is 11.9. The highest BCUT2D eigenvalue weighted by Gasteiger charge is 2.22. The van der Waals surface area contributed by atoms with E-state index in [1.807, 2.05) is 11.4 Å². The third-order valence-electron chi connectivity index (χ3n) is 3.55. The molecule has 2 N–H and O–H groups in total. The van der Waals surface area contributed by atoms with Gasteiger partial charge < -0.3 is 10.6 Å². The number of fused-ring (bicyclic) bond motifs is 3. The van der Waals surface area contributed by atoms with Crippen LogP contribution in [-0.4, -0.2) is 15.9 Å². The number of hydrogen-bond donors (Lipinski definition) is 2. The molecule has 1 aromatic carbocycles. The van der Waals surface area contributed by atoms with Gasteiger partial charge in [-0.25, -0.2) is 9.97 Å². The molecule has 5 nitrogen and oxygen atoms in total. The maximum Gasteiger partial charge on any atom is 0.228 e. The number of hydrogen-bond acceptors (Lipinski definition) is 5. The first-order chi connectivity index (χ1) is 11.6. The van der Waals surface area contributed by atoms with Crippen molar-refractivity contribution in [3.8, 4) is 10.6 Å². The Morgan fingerprint density at radius 3 is 2.92 bits per heavy atom. The summed E-state index contributed by atoms with van der Waals surface area (Å²) in [5.74, 6) is 0.364.